The van der Waals surface area contributed by atoms with Gasteiger partial charge in [0.15, 0.2) is 0 Å². The molecular weight excluding hydrogens is 184 g/mol. The lowest BCUT2D eigenvalue weighted by atomic mass is 10.2. The average Bonchev–Trinajstić information content (AvgIpc) is 2.49. The van der Waals surface area contributed by atoms with E-state index >= 15 is 0 Å². The molecule has 0 atom stereocenters. The zero-order valence-electron chi connectivity index (χ0n) is 7.07. The number of benzene rings is 1. The van der Waals surface area contributed by atoms with Crippen molar-refractivity contribution in [2.75, 3.05) is 0 Å². The van der Waals surface area contributed by atoms with Crippen LogP contribution < -0.4 is 0 Å². The number of carboxylic acids is 1. The van der Waals surface area contributed by atoms with E-state index < -0.39 is 5.97 Å². The van der Waals surface area contributed by atoms with Crippen LogP contribution in [0.3, 0.4) is 0 Å². The molecule has 0 aliphatic heterocycles. The highest BCUT2D eigenvalue weighted by Gasteiger charge is 2.08. The summed E-state index contributed by atoms with van der Waals surface area (Å²) in [6.07, 6.45) is 0. The first-order chi connectivity index (χ1) is 6.18. The van der Waals surface area contributed by atoms with E-state index in [0.717, 1.165) is 15.6 Å². The topological polar surface area (TPSA) is 37.3 Å². The summed E-state index contributed by atoms with van der Waals surface area (Å²) in [6, 6.07) is 7.58. The largest absolute Gasteiger partial charge is 0.477 e. The molecule has 1 heterocycles. The van der Waals surface area contributed by atoms with Gasteiger partial charge in [-0.15, -0.1) is 11.3 Å². The van der Waals surface area contributed by atoms with Gasteiger partial charge in [-0.25, -0.2) is 4.79 Å². The first-order valence-electron chi connectivity index (χ1n) is 3.91. The molecule has 0 saturated heterocycles. The molecule has 0 bridgehead atoms. The molecule has 0 saturated carbocycles. The third kappa shape index (κ3) is 1.31. The summed E-state index contributed by atoms with van der Waals surface area (Å²) in [4.78, 5) is 11.1. The summed E-state index contributed by atoms with van der Waals surface area (Å²) in [5.41, 5.74) is 1.13. The second-order valence-electron chi connectivity index (χ2n) is 2.91. The summed E-state index contributed by atoms with van der Waals surface area (Å²) >= 11 is 1.33. The van der Waals surface area contributed by atoms with Gasteiger partial charge in [0.25, 0.3) is 0 Å². The molecule has 2 rings (SSSR count). The summed E-state index contributed by atoms with van der Waals surface area (Å²) in [6.45, 7) is 1.99. The Morgan fingerprint density at radius 1 is 1.46 bits per heavy atom. The average molecular weight is 192 g/mol. The van der Waals surface area contributed by atoms with Crippen LogP contribution in [0.1, 0.15) is 15.2 Å². The van der Waals surface area contributed by atoms with Crippen LogP contribution >= 0.6 is 11.3 Å². The molecule has 13 heavy (non-hydrogen) atoms. The standard InChI is InChI=1S/C10H8O2S/c1-6-3-2-4-7-5-8(10(11)12)13-9(6)7/h2-5H,1H3,(H,11,12). The minimum atomic E-state index is -0.847. The number of hydrogen-bond donors (Lipinski definition) is 1. The molecule has 0 radical (unpaired) electrons. The summed E-state index contributed by atoms with van der Waals surface area (Å²) in [7, 11) is 0. The lowest BCUT2D eigenvalue weighted by Gasteiger charge is -1.91. The monoisotopic (exact) mass is 192 g/mol. The van der Waals surface area contributed by atoms with E-state index in [1.54, 1.807) is 6.07 Å². The van der Waals surface area contributed by atoms with Crippen molar-refractivity contribution in [2.45, 2.75) is 6.92 Å². The predicted molar refractivity (Wildman–Crippen MR) is 53.5 cm³/mol. The fraction of sp³-hybridized carbons (Fsp3) is 0.100. The van der Waals surface area contributed by atoms with Gasteiger partial charge in [0, 0.05) is 4.70 Å². The number of aryl methyl sites for hydroxylation is 1. The zero-order valence-corrected chi connectivity index (χ0v) is 7.89. The number of thiophene rings is 1. The van der Waals surface area contributed by atoms with Gasteiger partial charge >= 0.3 is 5.97 Å². The molecule has 0 aliphatic rings. The van der Waals surface area contributed by atoms with E-state index in [0.29, 0.717) is 4.88 Å². The predicted octanol–water partition coefficient (Wildman–Crippen LogP) is 2.91. The van der Waals surface area contributed by atoms with Crippen LogP contribution in [0.2, 0.25) is 0 Å². The van der Waals surface area contributed by atoms with Crippen LogP contribution in [0, 0.1) is 6.92 Å². The molecule has 2 nitrogen and oxygen atoms in total. The van der Waals surface area contributed by atoms with Crippen LogP contribution in [0.25, 0.3) is 10.1 Å². The second kappa shape index (κ2) is 2.85. The van der Waals surface area contributed by atoms with Crippen LogP contribution in [-0.2, 0) is 0 Å². The van der Waals surface area contributed by atoms with E-state index in [2.05, 4.69) is 0 Å². The quantitative estimate of drug-likeness (QED) is 0.754. The van der Waals surface area contributed by atoms with Gasteiger partial charge < -0.3 is 5.11 Å². The van der Waals surface area contributed by atoms with Crippen molar-refractivity contribution in [1.82, 2.24) is 0 Å². The minimum Gasteiger partial charge on any atom is -0.477 e. The van der Waals surface area contributed by atoms with Crippen LogP contribution in [0.4, 0.5) is 0 Å². The van der Waals surface area contributed by atoms with Crippen molar-refractivity contribution in [1.29, 1.82) is 0 Å². The third-order valence-electron chi connectivity index (χ3n) is 1.95. The Kier molecular flexibility index (Phi) is 1.81. The smallest absolute Gasteiger partial charge is 0.345 e. The molecule has 1 N–H and O–H groups in total. The molecule has 0 fully saturated rings. The van der Waals surface area contributed by atoms with Crippen molar-refractivity contribution in [3.05, 3.63) is 34.7 Å². The maximum atomic E-state index is 10.7. The fourth-order valence-electron chi connectivity index (χ4n) is 1.31. The van der Waals surface area contributed by atoms with Gasteiger partial charge in [0.1, 0.15) is 4.88 Å². The Morgan fingerprint density at radius 3 is 2.85 bits per heavy atom. The highest BCUT2D eigenvalue weighted by atomic mass is 32.1. The van der Waals surface area contributed by atoms with Gasteiger partial charge in [-0.2, -0.15) is 0 Å². The Labute approximate surface area is 79.4 Å². The number of fused-ring (bicyclic) bond motifs is 1. The molecule has 3 heteroatoms. The molecular formula is C10H8O2S. The number of aromatic carboxylic acids is 1. The second-order valence-corrected chi connectivity index (χ2v) is 3.96. The van der Waals surface area contributed by atoms with Gasteiger partial charge in [-0.05, 0) is 23.9 Å². The summed E-state index contributed by atoms with van der Waals surface area (Å²) in [5, 5.41) is 9.80. The zero-order chi connectivity index (χ0) is 9.42. The molecule has 2 aromatic rings. The molecule has 1 aromatic carbocycles. The number of carbonyl (C=O) groups is 1. The SMILES string of the molecule is Cc1cccc2cc(C(=O)O)sc12. The van der Waals surface area contributed by atoms with Crippen molar-refractivity contribution >= 4 is 27.4 Å². The van der Waals surface area contributed by atoms with Gasteiger partial charge in [-0.3, -0.25) is 0 Å². The first-order valence-corrected chi connectivity index (χ1v) is 4.72. The van der Waals surface area contributed by atoms with Crippen molar-refractivity contribution in [3.8, 4) is 0 Å². The Morgan fingerprint density at radius 2 is 2.23 bits per heavy atom. The highest BCUT2D eigenvalue weighted by Crippen LogP contribution is 2.28. The summed E-state index contributed by atoms with van der Waals surface area (Å²) < 4.78 is 1.07. The Balaban J connectivity index is 2.75. The number of rotatable bonds is 1. The highest BCUT2D eigenvalue weighted by molar-refractivity contribution is 7.20. The van der Waals surface area contributed by atoms with Crippen LogP contribution in [0.5, 0.6) is 0 Å². The molecule has 66 valence electrons. The van der Waals surface area contributed by atoms with Crippen LogP contribution in [0.15, 0.2) is 24.3 Å². The van der Waals surface area contributed by atoms with Gasteiger partial charge in [0.05, 0.1) is 0 Å². The van der Waals surface area contributed by atoms with Crippen LogP contribution in [-0.4, -0.2) is 11.1 Å². The van der Waals surface area contributed by atoms with Crippen molar-refractivity contribution in [2.24, 2.45) is 0 Å². The van der Waals surface area contributed by atoms with Crippen molar-refractivity contribution in [3.63, 3.8) is 0 Å². The number of carboxylic acid groups (broad SMARTS) is 1. The van der Waals surface area contributed by atoms with E-state index in [-0.39, 0.29) is 0 Å². The lowest BCUT2D eigenvalue weighted by molar-refractivity contribution is 0.0702. The maximum Gasteiger partial charge on any atom is 0.345 e. The minimum absolute atomic E-state index is 0.407. The molecule has 0 unspecified atom stereocenters. The third-order valence-corrected chi connectivity index (χ3v) is 3.23. The molecule has 0 spiro atoms. The maximum absolute atomic E-state index is 10.7. The Hall–Kier alpha value is -1.35. The van der Waals surface area contributed by atoms with Gasteiger partial charge in [-0.1, -0.05) is 18.2 Å². The van der Waals surface area contributed by atoms with Crippen molar-refractivity contribution < 1.29 is 9.90 Å². The molecule has 0 aliphatic carbocycles. The van der Waals surface area contributed by atoms with E-state index in [1.807, 2.05) is 25.1 Å². The molecule has 1 aromatic heterocycles. The first kappa shape index (κ1) is 8.26. The summed E-state index contributed by atoms with van der Waals surface area (Å²) in [5.74, 6) is -0.847. The van der Waals surface area contributed by atoms with E-state index in [1.165, 1.54) is 11.3 Å². The van der Waals surface area contributed by atoms with Gasteiger partial charge in [0.2, 0.25) is 0 Å². The van der Waals surface area contributed by atoms with E-state index in [9.17, 15) is 4.79 Å². The Bertz CT molecular complexity index is 471. The normalized spacial score (nSPS) is 10.5. The fourth-order valence-corrected chi connectivity index (χ4v) is 2.28. The van der Waals surface area contributed by atoms with E-state index in [4.69, 9.17) is 5.11 Å². The number of hydrogen-bond acceptors (Lipinski definition) is 2. The molecule has 0 amide bonds. The lowest BCUT2D eigenvalue weighted by Crippen LogP contribution is -1.89.